The highest BCUT2D eigenvalue weighted by Gasteiger charge is 2.53. The van der Waals surface area contributed by atoms with E-state index in [9.17, 15) is 4.79 Å². The molecule has 2 unspecified atom stereocenters. The van der Waals surface area contributed by atoms with Gasteiger partial charge >= 0.3 is 0 Å². The van der Waals surface area contributed by atoms with Gasteiger partial charge in [-0.2, -0.15) is 5.10 Å². The van der Waals surface area contributed by atoms with Gasteiger partial charge < -0.3 is 20.7 Å². The normalized spacial score (nSPS) is 23.0. The first-order valence-electron chi connectivity index (χ1n) is 9.19. The van der Waals surface area contributed by atoms with E-state index in [1.165, 1.54) is 6.20 Å². The number of nitrogens with zero attached hydrogens (tertiary/aromatic N) is 5. The van der Waals surface area contributed by atoms with Gasteiger partial charge in [-0.15, -0.1) is 0 Å². The fourth-order valence-electron chi connectivity index (χ4n) is 3.99. The van der Waals surface area contributed by atoms with Crippen molar-refractivity contribution in [3.05, 3.63) is 36.4 Å². The van der Waals surface area contributed by atoms with Crippen LogP contribution in [0.25, 0.3) is 10.9 Å². The molecule has 3 heterocycles. The predicted octanol–water partition coefficient (Wildman–Crippen LogP) is 1.02. The molecule has 1 saturated carbocycles. The van der Waals surface area contributed by atoms with Crippen molar-refractivity contribution in [2.75, 3.05) is 30.4 Å². The number of rotatable bonds is 4. The molecule has 1 aromatic carbocycles. The predicted molar refractivity (Wildman–Crippen MR) is 104 cm³/mol. The maximum atomic E-state index is 12.6. The molecule has 2 aliphatic rings. The number of aryl methyl sites for hydroxylation is 1. The molecule has 1 aliphatic carbocycles. The molecule has 1 amide bonds. The first-order chi connectivity index (χ1) is 13.5. The van der Waals surface area contributed by atoms with E-state index in [1.807, 2.05) is 19.3 Å². The second kappa shape index (κ2) is 6.16. The monoisotopic (exact) mass is 379 g/mol. The molecule has 1 aliphatic heterocycles. The summed E-state index contributed by atoms with van der Waals surface area (Å²) in [7, 11) is 3.40. The first kappa shape index (κ1) is 16.9. The van der Waals surface area contributed by atoms with E-state index in [4.69, 9.17) is 10.5 Å². The number of benzene rings is 1. The van der Waals surface area contributed by atoms with Gasteiger partial charge in [0.15, 0.2) is 0 Å². The fraction of sp³-hybridized carbons (Fsp3) is 0.368. The van der Waals surface area contributed by atoms with Crippen molar-refractivity contribution in [3.8, 4) is 5.75 Å². The van der Waals surface area contributed by atoms with Crippen LogP contribution in [0.2, 0.25) is 0 Å². The van der Waals surface area contributed by atoms with Crippen LogP contribution in [-0.4, -0.2) is 51.9 Å². The number of carbonyl (C=O) groups is 1. The summed E-state index contributed by atoms with van der Waals surface area (Å²) in [4.78, 5) is 23.5. The fourth-order valence-corrected chi connectivity index (χ4v) is 3.99. The number of anilines is 2. The molecule has 5 rings (SSSR count). The number of hydrogen-bond donors (Lipinski definition) is 2. The smallest absolute Gasteiger partial charge is 0.275 e. The molecule has 0 spiro atoms. The highest BCUT2D eigenvalue weighted by atomic mass is 16.5. The van der Waals surface area contributed by atoms with Crippen molar-refractivity contribution in [2.24, 2.45) is 24.6 Å². The molecule has 3 N–H and O–H groups in total. The Labute approximate surface area is 161 Å². The number of carbonyl (C=O) groups excluding carboxylic acids is 1. The van der Waals surface area contributed by atoms with Crippen LogP contribution in [0.5, 0.6) is 5.75 Å². The number of fused-ring (bicyclic) bond motifs is 2. The molecule has 9 nitrogen and oxygen atoms in total. The molecule has 2 aromatic heterocycles. The summed E-state index contributed by atoms with van der Waals surface area (Å²) in [6.45, 7) is 1.82. The summed E-state index contributed by atoms with van der Waals surface area (Å²) in [6, 6.07) is 3.96. The lowest BCUT2D eigenvalue weighted by Crippen LogP contribution is -2.29. The summed E-state index contributed by atoms with van der Waals surface area (Å²) >= 11 is 0. The third-order valence-corrected chi connectivity index (χ3v) is 5.64. The molecular formula is C19H21N7O2. The molecule has 2 fully saturated rings. The Hall–Kier alpha value is -3.20. The van der Waals surface area contributed by atoms with Crippen LogP contribution in [0, 0.1) is 11.8 Å². The Balaban J connectivity index is 1.33. The number of ether oxygens (including phenoxy) is 1. The lowest BCUT2D eigenvalue weighted by molar-refractivity contribution is 0.102. The van der Waals surface area contributed by atoms with Gasteiger partial charge in [0.25, 0.3) is 5.91 Å². The van der Waals surface area contributed by atoms with Crippen LogP contribution in [0.3, 0.4) is 0 Å². The van der Waals surface area contributed by atoms with Crippen LogP contribution in [0.4, 0.5) is 11.5 Å². The van der Waals surface area contributed by atoms with Gasteiger partial charge in [0.1, 0.15) is 17.3 Å². The van der Waals surface area contributed by atoms with Crippen molar-refractivity contribution < 1.29 is 9.53 Å². The standard InChI is InChI=1S/C19H21N7O2/c1-25-7-10-3-14(16(28-2)4-13(10)24-25)23-19(27)15-5-22-17(6-21-15)26-8-11-12(9-26)18(11)20/h3-7,11-12,18H,8-9,20H2,1-2H3,(H,23,27). The van der Waals surface area contributed by atoms with Crippen molar-refractivity contribution in [1.29, 1.82) is 0 Å². The molecular weight excluding hydrogens is 358 g/mol. The highest BCUT2D eigenvalue weighted by molar-refractivity contribution is 6.04. The Morgan fingerprint density at radius 2 is 2.04 bits per heavy atom. The SMILES string of the molecule is COc1cc2nn(C)cc2cc1NC(=O)c1cnc(N2CC3C(N)C3C2)cn1. The number of aromatic nitrogens is 4. The largest absolute Gasteiger partial charge is 0.494 e. The Morgan fingerprint density at radius 3 is 2.71 bits per heavy atom. The van der Waals surface area contributed by atoms with Crippen molar-refractivity contribution in [1.82, 2.24) is 19.7 Å². The van der Waals surface area contributed by atoms with E-state index in [1.54, 1.807) is 24.1 Å². The minimum atomic E-state index is -0.341. The lowest BCUT2D eigenvalue weighted by Gasteiger charge is -2.19. The average molecular weight is 379 g/mol. The van der Waals surface area contributed by atoms with E-state index in [0.717, 1.165) is 29.8 Å². The quantitative estimate of drug-likeness (QED) is 0.696. The number of nitrogens with two attached hydrogens (primary N) is 1. The summed E-state index contributed by atoms with van der Waals surface area (Å²) in [5, 5.41) is 8.11. The number of amides is 1. The van der Waals surface area contributed by atoms with Crippen LogP contribution in [-0.2, 0) is 7.05 Å². The summed E-state index contributed by atoms with van der Waals surface area (Å²) < 4.78 is 7.11. The molecule has 9 heteroatoms. The third kappa shape index (κ3) is 2.75. The summed E-state index contributed by atoms with van der Waals surface area (Å²) in [5.74, 6) is 2.12. The van der Waals surface area contributed by atoms with Gasteiger partial charge in [0, 0.05) is 43.8 Å². The van der Waals surface area contributed by atoms with Crippen molar-refractivity contribution in [2.45, 2.75) is 6.04 Å². The number of methoxy groups -OCH3 is 1. The van der Waals surface area contributed by atoms with Crippen molar-refractivity contribution in [3.63, 3.8) is 0 Å². The number of nitrogens with one attached hydrogen (secondary N) is 1. The minimum absolute atomic E-state index is 0.248. The average Bonchev–Trinajstić information content (AvgIpc) is 3.05. The molecule has 2 atom stereocenters. The number of piperidine rings is 1. The third-order valence-electron chi connectivity index (χ3n) is 5.64. The zero-order chi connectivity index (χ0) is 19.4. The molecule has 1 saturated heterocycles. The van der Waals surface area contributed by atoms with Gasteiger partial charge in [-0.1, -0.05) is 0 Å². The first-order valence-corrected chi connectivity index (χ1v) is 9.19. The Kier molecular flexibility index (Phi) is 3.73. The van der Waals surface area contributed by atoms with Gasteiger partial charge in [-0.25, -0.2) is 9.97 Å². The lowest BCUT2D eigenvalue weighted by atomic mass is 10.2. The highest BCUT2D eigenvalue weighted by Crippen LogP contribution is 2.44. The minimum Gasteiger partial charge on any atom is -0.494 e. The summed E-state index contributed by atoms with van der Waals surface area (Å²) in [6.07, 6.45) is 5.03. The maximum Gasteiger partial charge on any atom is 0.275 e. The van der Waals surface area contributed by atoms with Gasteiger partial charge in [-0.05, 0) is 17.9 Å². The molecule has 0 bridgehead atoms. The molecule has 144 valence electrons. The van der Waals surface area contributed by atoms with Crippen LogP contribution in [0.1, 0.15) is 10.5 Å². The topological polar surface area (TPSA) is 111 Å². The van der Waals surface area contributed by atoms with Crippen molar-refractivity contribution >= 4 is 28.3 Å². The number of hydrogen-bond acceptors (Lipinski definition) is 7. The van der Waals surface area contributed by atoms with E-state index < -0.39 is 0 Å². The maximum absolute atomic E-state index is 12.6. The van der Waals surface area contributed by atoms with E-state index in [0.29, 0.717) is 29.3 Å². The van der Waals surface area contributed by atoms with Gasteiger partial charge in [0.2, 0.25) is 0 Å². The Bertz CT molecular complexity index is 1050. The van der Waals surface area contributed by atoms with Crippen LogP contribution < -0.4 is 20.7 Å². The van der Waals surface area contributed by atoms with E-state index in [2.05, 4.69) is 25.3 Å². The van der Waals surface area contributed by atoms with E-state index >= 15 is 0 Å². The summed E-state index contributed by atoms with van der Waals surface area (Å²) in [5.41, 5.74) is 7.58. The molecule has 0 radical (unpaired) electrons. The van der Waals surface area contributed by atoms with Gasteiger partial charge in [0.05, 0.1) is 30.7 Å². The second-order valence-corrected chi connectivity index (χ2v) is 7.44. The van der Waals surface area contributed by atoms with E-state index in [-0.39, 0.29) is 11.6 Å². The molecule has 28 heavy (non-hydrogen) atoms. The van der Waals surface area contributed by atoms with Crippen LogP contribution in [0.15, 0.2) is 30.7 Å². The van der Waals surface area contributed by atoms with Crippen LogP contribution >= 0.6 is 0 Å². The second-order valence-electron chi connectivity index (χ2n) is 7.44. The molecule has 3 aromatic rings. The zero-order valence-electron chi connectivity index (χ0n) is 15.7. The Morgan fingerprint density at radius 1 is 1.25 bits per heavy atom. The zero-order valence-corrected chi connectivity index (χ0v) is 15.7. The van der Waals surface area contributed by atoms with Gasteiger partial charge in [-0.3, -0.25) is 9.48 Å².